The Morgan fingerprint density at radius 3 is 2.39 bits per heavy atom. The number of nitrogens with zero attached hydrogens (tertiary/aromatic N) is 1. The summed E-state index contributed by atoms with van der Waals surface area (Å²) in [6.07, 6.45) is -4.79. The first-order valence-electron chi connectivity index (χ1n) is 9.21. The maximum Gasteiger partial charge on any atom is 0.416 e. The van der Waals surface area contributed by atoms with E-state index in [0.29, 0.717) is 22.5 Å². The van der Waals surface area contributed by atoms with Crippen molar-refractivity contribution >= 4 is 27.3 Å². The van der Waals surface area contributed by atoms with Crippen molar-refractivity contribution in [1.29, 1.82) is 0 Å². The standard InChI is InChI=1S/C21H12ClF6NO3S/c22-19-15(9-13(23)10-16(19)24)11-6-17(25)20-18(7-11)29(4-5-32-20)33(30,31)14-3-1-2-12(8-14)21(26,27)28/h1-3,6-10H,4-5H2. The fraction of sp³-hybridized carbons (Fsp3) is 0.143. The lowest BCUT2D eigenvalue weighted by Crippen LogP contribution is -2.38. The van der Waals surface area contributed by atoms with E-state index in [1.54, 1.807) is 0 Å². The Bertz CT molecular complexity index is 1360. The number of fused-ring (bicyclic) bond motifs is 1. The number of benzene rings is 3. The number of ether oxygens (including phenoxy) is 1. The molecule has 0 fully saturated rings. The summed E-state index contributed by atoms with van der Waals surface area (Å²) in [4.78, 5) is -0.675. The van der Waals surface area contributed by atoms with Crippen molar-refractivity contribution in [3.8, 4) is 16.9 Å². The van der Waals surface area contributed by atoms with Crippen LogP contribution in [0.3, 0.4) is 0 Å². The maximum atomic E-state index is 14.8. The van der Waals surface area contributed by atoms with Crippen molar-refractivity contribution in [2.24, 2.45) is 0 Å². The Labute approximate surface area is 189 Å². The average molecular weight is 508 g/mol. The normalized spacial score (nSPS) is 14.1. The quantitative estimate of drug-likeness (QED) is 0.321. The Hall–Kier alpha value is -2.92. The molecule has 3 aromatic rings. The molecule has 0 saturated carbocycles. The highest BCUT2D eigenvalue weighted by Gasteiger charge is 2.36. The van der Waals surface area contributed by atoms with Gasteiger partial charge in [-0.25, -0.2) is 21.6 Å². The molecule has 1 heterocycles. The number of anilines is 1. The molecule has 174 valence electrons. The monoisotopic (exact) mass is 507 g/mol. The second-order valence-electron chi connectivity index (χ2n) is 7.01. The Kier molecular flexibility index (Phi) is 5.73. The third-order valence-electron chi connectivity index (χ3n) is 4.89. The number of alkyl halides is 3. The summed E-state index contributed by atoms with van der Waals surface area (Å²) in [6, 6.07) is 6.38. The maximum absolute atomic E-state index is 14.8. The predicted molar refractivity (Wildman–Crippen MR) is 108 cm³/mol. The molecule has 0 atom stereocenters. The Morgan fingerprint density at radius 2 is 1.70 bits per heavy atom. The van der Waals surface area contributed by atoms with Crippen LogP contribution in [0.15, 0.2) is 53.4 Å². The highest BCUT2D eigenvalue weighted by molar-refractivity contribution is 7.92. The molecule has 0 amide bonds. The fourth-order valence-electron chi connectivity index (χ4n) is 3.39. The third kappa shape index (κ3) is 4.22. The summed E-state index contributed by atoms with van der Waals surface area (Å²) < 4.78 is 114. The molecule has 0 saturated heterocycles. The Balaban J connectivity index is 1.88. The minimum Gasteiger partial charge on any atom is -0.486 e. The van der Waals surface area contributed by atoms with E-state index in [4.69, 9.17) is 16.3 Å². The minimum absolute atomic E-state index is 0.163. The van der Waals surface area contributed by atoms with E-state index in [1.807, 2.05) is 0 Å². The van der Waals surface area contributed by atoms with Gasteiger partial charge in [0.1, 0.15) is 18.2 Å². The van der Waals surface area contributed by atoms with Gasteiger partial charge in [-0.1, -0.05) is 17.7 Å². The summed E-state index contributed by atoms with van der Waals surface area (Å²) in [5.74, 6) is -3.65. The molecular formula is C21H12ClF6NO3S. The van der Waals surface area contributed by atoms with Gasteiger partial charge >= 0.3 is 6.18 Å². The van der Waals surface area contributed by atoms with Crippen LogP contribution in [0, 0.1) is 17.5 Å². The van der Waals surface area contributed by atoms with Crippen LogP contribution >= 0.6 is 11.6 Å². The highest BCUT2D eigenvalue weighted by Crippen LogP contribution is 2.43. The largest absolute Gasteiger partial charge is 0.486 e. The molecular weight excluding hydrogens is 496 g/mol. The van der Waals surface area contributed by atoms with Crippen LogP contribution in [0.25, 0.3) is 11.1 Å². The van der Waals surface area contributed by atoms with Gasteiger partial charge in [0, 0.05) is 11.6 Å². The van der Waals surface area contributed by atoms with Crippen LogP contribution in [0.1, 0.15) is 5.56 Å². The first-order chi connectivity index (χ1) is 15.4. The minimum atomic E-state index is -4.79. The molecule has 0 unspecified atom stereocenters. The second kappa shape index (κ2) is 8.14. The number of rotatable bonds is 3. The zero-order chi connectivity index (χ0) is 24.1. The molecule has 33 heavy (non-hydrogen) atoms. The predicted octanol–water partition coefficient (Wildman–Crippen LogP) is 6.03. The summed E-state index contributed by atoms with van der Waals surface area (Å²) in [5.41, 5.74) is -1.95. The molecule has 0 bridgehead atoms. The number of sulfonamides is 1. The van der Waals surface area contributed by atoms with Crippen LogP contribution in [-0.2, 0) is 16.2 Å². The lowest BCUT2D eigenvalue weighted by Gasteiger charge is -2.31. The van der Waals surface area contributed by atoms with Gasteiger partial charge in [0.25, 0.3) is 10.0 Å². The van der Waals surface area contributed by atoms with Gasteiger partial charge in [0.15, 0.2) is 11.6 Å². The number of hydrogen-bond donors (Lipinski definition) is 0. The Morgan fingerprint density at radius 1 is 0.970 bits per heavy atom. The van der Waals surface area contributed by atoms with Crippen molar-refractivity contribution in [3.63, 3.8) is 0 Å². The van der Waals surface area contributed by atoms with E-state index in [1.165, 1.54) is 0 Å². The first kappa shape index (κ1) is 23.2. The highest BCUT2D eigenvalue weighted by atomic mass is 35.5. The average Bonchev–Trinajstić information content (AvgIpc) is 2.75. The van der Waals surface area contributed by atoms with Gasteiger partial charge in [-0.2, -0.15) is 13.2 Å². The van der Waals surface area contributed by atoms with Crippen LogP contribution in [0.4, 0.5) is 32.0 Å². The molecule has 0 aromatic heterocycles. The first-order valence-corrected chi connectivity index (χ1v) is 11.0. The van der Waals surface area contributed by atoms with Crippen molar-refractivity contribution in [3.05, 3.63) is 76.6 Å². The smallest absolute Gasteiger partial charge is 0.416 e. The van der Waals surface area contributed by atoms with Crippen LogP contribution in [0.2, 0.25) is 5.02 Å². The van der Waals surface area contributed by atoms with Crippen LogP contribution < -0.4 is 9.04 Å². The van der Waals surface area contributed by atoms with E-state index in [0.717, 1.165) is 30.3 Å². The summed E-state index contributed by atoms with van der Waals surface area (Å²) in [7, 11) is -4.59. The van der Waals surface area contributed by atoms with E-state index >= 15 is 0 Å². The molecule has 3 aromatic carbocycles. The van der Waals surface area contributed by atoms with Crippen molar-refractivity contribution in [1.82, 2.24) is 0 Å². The molecule has 0 spiro atoms. The van der Waals surface area contributed by atoms with E-state index in [-0.39, 0.29) is 30.0 Å². The molecule has 1 aliphatic heterocycles. The van der Waals surface area contributed by atoms with Gasteiger partial charge in [0.05, 0.1) is 27.7 Å². The topological polar surface area (TPSA) is 46.6 Å². The van der Waals surface area contributed by atoms with Crippen molar-refractivity contribution in [2.75, 3.05) is 17.5 Å². The van der Waals surface area contributed by atoms with Crippen LogP contribution in [0.5, 0.6) is 5.75 Å². The molecule has 1 aliphatic rings. The number of hydrogen-bond acceptors (Lipinski definition) is 3. The van der Waals surface area contributed by atoms with Crippen molar-refractivity contribution in [2.45, 2.75) is 11.1 Å². The van der Waals surface area contributed by atoms with Gasteiger partial charge in [-0.15, -0.1) is 0 Å². The molecule has 12 heteroatoms. The molecule has 4 rings (SSSR count). The van der Waals surface area contributed by atoms with Gasteiger partial charge in [0.2, 0.25) is 0 Å². The number of halogens is 7. The zero-order valence-corrected chi connectivity index (χ0v) is 17.8. The lowest BCUT2D eigenvalue weighted by molar-refractivity contribution is -0.137. The summed E-state index contributed by atoms with van der Waals surface area (Å²) >= 11 is 5.88. The van der Waals surface area contributed by atoms with Crippen LogP contribution in [-0.4, -0.2) is 21.6 Å². The van der Waals surface area contributed by atoms with E-state index < -0.39 is 54.9 Å². The van der Waals surface area contributed by atoms with E-state index in [2.05, 4.69) is 0 Å². The fourth-order valence-corrected chi connectivity index (χ4v) is 5.10. The summed E-state index contributed by atoms with van der Waals surface area (Å²) in [6.45, 7) is -0.628. The van der Waals surface area contributed by atoms with Gasteiger partial charge < -0.3 is 4.74 Å². The molecule has 0 N–H and O–H groups in total. The lowest BCUT2D eigenvalue weighted by atomic mass is 10.0. The molecule has 0 aliphatic carbocycles. The second-order valence-corrected chi connectivity index (χ2v) is 9.25. The molecule has 0 radical (unpaired) electrons. The van der Waals surface area contributed by atoms with E-state index in [9.17, 15) is 34.8 Å². The van der Waals surface area contributed by atoms with Gasteiger partial charge in [-0.3, -0.25) is 4.31 Å². The molecule has 4 nitrogen and oxygen atoms in total. The third-order valence-corrected chi connectivity index (χ3v) is 7.08. The SMILES string of the molecule is O=S(=O)(c1cccc(C(F)(F)F)c1)N1CCOc2c(F)cc(-c3cc(F)cc(F)c3Cl)cc21. The van der Waals surface area contributed by atoms with Gasteiger partial charge in [-0.05, 0) is 42.0 Å². The van der Waals surface area contributed by atoms with Crippen molar-refractivity contribution < 1.29 is 39.5 Å². The summed E-state index contributed by atoms with van der Waals surface area (Å²) in [5, 5.41) is -0.528. The zero-order valence-electron chi connectivity index (χ0n) is 16.3.